The summed E-state index contributed by atoms with van der Waals surface area (Å²) in [6.07, 6.45) is 3.42. The maximum atomic E-state index is 10.5. The average Bonchev–Trinajstić information content (AvgIpc) is 3.03. The maximum absolute atomic E-state index is 10.5. The Bertz CT molecular complexity index is 708. The first-order chi connectivity index (χ1) is 11.3. The molecule has 3 nitrogen and oxygen atoms in total. The van der Waals surface area contributed by atoms with Gasteiger partial charge in [0.25, 0.3) is 0 Å². The summed E-state index contributed by atoms with van der Waals surface area (Å²) in [6, 6.07) is 16.5. The van der Waals surface area contributed by atoms with E-state index in [1.807, 2.05) is 36.5 Å². The molecule has 4 heteroatoms. The average molecular weight is 326 g/mol. The Balaban J connectivity index is 1.67. The molecule has 0 aliphatic rings. The fraction of sp³-hybridized carbons (Fsp3) is 0.316. The predicted molar refractivity (Wildman–Crippen MR) is 96.7 cm³/mol. The molecular weight excluding hydrogens is 304 g/mol. The molecule has 0 bridgehead atoms. The Morgan fingerprint density at radius 3 is 2.74 bits per heavy atom. The fourth-order valence-corrected chi connectivity index (χ4v) is 3.80. The van der Waals surface area contributed by atoms with Gasteiger partial charge < -0.3 is 10.4 Å². The van der Waals surface area contributed by atoms with E-state index >= 15 is 0 Å². The van der Waals surface area contributed by atoms with Crippen LogP contribution in [0.15, 0.2) is 54.7 Å². The van der Waals surface area contributed by atoms with Gasteiger partial charge in [-0.3, -0.25) is 4.98 Å². The van der Waals surface area contributed by atoms with Crippen LogP contribution >= 0.6 is 11.3 Å². The molecule has 3 rings (SSSR count). The van der Waals surface area contributed by atoms with E-state index in [4.69, 9.17) is 0 Å². The standard InChI is InChI=1S/C19H22N2OS/c1-2-7-15(16-9-5-6-11-20-16)21-13-17(22)19-12-14-8-3-4-10-18(14)23-19/h3-6,8-12,15,17,21-22H,2,7,13H2,1H3. The largest absolute Gasteiger partial charge is 0.386 e. The number of pyridine rings is 1. The first-order valence-corrected chi connectivity index (χ1v) is 8.90. The van der Waals surface area contributed by atoms with E-state index in [0.29, 0.717) is 6.54 Å². The van der Waals surface area contributed by atoms with Gasteiger partial charge in [-0.2, -0.15) is 0 Å². The zero-order valence-corrected chi connectivity index (χ0v) is 14.1. The van der Waals surface area contributed by atoms with Gasteiger partial charge in [-0.25, -0.2) is 0 Å². The van der Waals surface area contributed by atoms with Crippen LogP contribution in [-0.2, 0) is 0 Å². The third kappa shape index (κ3) is 3.96. The second-order valence-electron chi connectivity index (χ2n) is 5.71. The van der Waals surface area contributed by atoms with Gasteiger partial charge in [0.1, 0.15) is 6.10 Å². The van der Waals surface area contributed by atoms with Crippen LogP contribution in [-0.4, -0.2) is 16.6 Å². The van der Waals surface area contributed by atoms with Crippen molar-refractivity contribution in [3.8, 4) is 0 Å². The summed E-state index contributed by atoms with van der Waals surface area (Å²) in [5, 5.41) is 15.2. The van der Waals surface area contributed by atoms with Gasteiger partial charge >= 0.3 is 0 Å². The van der Waals surface area contributed by atoms with Gasteiger partial charge in [-0.05, 0) is 36.1 Å². The summed E-state index contributed by atoms with van der Waals surface area (Å²) in [5.41, 5.74) is 1.04. The van der Waals surface area contributed by atoms with Crippen LogP contribution in [0.4, 0.5) is 0 Å². The summed E-state index contributed by atoms with van der Waals surface area (Å²) < 4.78 is 1.22. The highest BCUT2D eigenvalue weighted by atomic mass is 32.1. The lowest BCUT2D eigenvalue weighted by Gasteiger charge is -2.19. The summed E-state index contributed by atoms with van der Waals surface area (Å²) in [5.74, 6) is 0. The summed E-state index contributed by atoms with van der Waals surface area (Å²) in [6.45, 7) is 2.70. The van der Waals surface area contributed by atoms with Crippen LogP contribution in [0, 0.1) is 0 Å². The van der Waals surface area contributed by atoms with Gasteiger partial charge in [0.2, 0.25) is 0 Å². The number of benzene rings is 1. The van der Waals surface area contributed by atoms with Crippen LogP contribution < -0.4 is 5.32 Å². The van der Waals surface area contributed by atoms with Gasteiger partial charge in [-0.15, -0.1) is 11.3 Å². The number of fused-ring (bicyclic) bond motifs is 1. The number of aliphatic hydroxyl groups excluding tert-OH is 1. The molecule has 0 aliphatic heterocycles. The van der Waals surface area contributed by atoms with Crippen molar-refractivity contribution < 1.29 is 5.11 Å². The maximum Gasteiger partial charge on any atom is 0.101 e. The lowest BCUT2D eigenvalue weighted by atomic mass is 10.1. The third-order valence-corrected chi connectivity index (χ3v) is 5.17. The number of rotatable bonds is 7. The molecule has 23 heavy (non-hydrogen) atoms. The second-order valence-corrected chi connectivity index (χ2v) is 6.82. The molecular formula is C19H22N2OS. The Labute approximate surface area is 141 Å². The van der Waals surface area contributed by atoms with Crippen LogP contribution in [0.5, 0.6) is 0 Å². The minimum Gasteiger partial charge on any atom is -0.386 e. The number of nitrogens with one attached hydrogen (secondary N) is 1. The van der Waals surface area contributed by atoms with Crippen molar-refractivity contribution in [3.05, 3.63) is 65.3 Å². The Hall–Kier alpha value is -1.75. The fourth-order valence-electron chi connectivity index (χ4n) is 2.75. The summed E-state index contributed by atoms with van der Waals surface area (Å²) in [4.78, 5) is 5.45. The molecule has 2 heterocycles. The quantitative estimate of drug-likeness (QED) is 0.674. The molecule has 3 aromatic rings. The van der Waals surface area contributed by atoms with E-state index in [0.717, 1.165) is 23.4 Å². The number of thiophene rings is 1. The molecule has 2 aromatic heterocycles. The number of hydrogen-bond acceptors (Lipinski definition) is 4. The van der Waals surface area contributed by atoms with E-state index in [2.05, 4.69) is 35.4 Å². The number of hydrogen-bond donors (Lipinski definition) is 2. The van der Waals surface area contributed by atoms with Crippen LogP contribution in [0.3, 0.4) is 0 Å². The predicted octanol–water partition coefficient (Wildman–Crippen LogP) is 4.46. The number of aliphatic hydroxyl groups is 1. The highest BCUT2D eigenvalue weighted by Crippen LogP contribution is 2.30. The molecule has 0 radical (unpaired) electrons. The van der Waals surface area contributed by atoms with E-state index in [-0.39, 0.29) is 6.04 Å². The molecule has 0 amide bonds. The van der Waals surface area contributed by atoms with Crippen molar-refractivity contribution in [1.29, 1.82) is 0 Å². The third-order valence-electron chi connectivity index (χ3n) is 3.95. The van der Waals surface area contributed by atoms with Crippen molar-refractivity contribution in [3.63, 3.8) is 0 Å². The van der Waals surface area contributed by atoms with Crippen molar-refractivity contribution >= 4 is 21.4 Å². The highest BCUT2D eigenvalue weighted by molar-refractivity contribution is 7.19. The van der Waals surface area contributed by atoms with E-state index < -0.39 is 6.10 Å². The summed E-state index contributed by atoms with van der Waals surface area (Å²) in [7, 11) is 0. The summed E-state index contributed by atoms with van der Waals surface area (Å²) >= 11 is 1.66. The van der Waals surface area contributed by atoms with E-state index in [1.54, 1.807) is 11.3 Å². The molecule has 1 aromatic carbocycles. The first-order valence-electron chi connectivity index (χ1n) is 8.08. The Morgan fingerprint density at radius 1 is 1.17 bits per heavy atom. The van der Waals surface area contributed by atoms with Crippen molar-refractivity contribution in [2.24, 2.45) is 0 Å². The lowest BCUT2D eigenvalue weighted by molar-refractivity contribution is 0.172. The highest BCUT2D eigenvalue weighted by Gasteiger charge is 2.16. The molecule has 2 atom stereocenters. The van der Waals surface area contributed by atoms with Crippen LogP contribution in [0.1, 0.15) is 42.5 Å². The molecule has 2 unspecified atom stereocenters. The smallest absolute Gasteiger partial charge is 0.101 e. The number of aromatic nitrogens is 1. The minimum absolute atomic E-state index is 0.185. The molecule has 120 valence electrons. The van der Waals surface area contributed by atoms with Gasteiger partial charge in [-0.1, -0.05) is 37.6 Å². The Morgan fingerprint density at radius 2 is 2.00 bits per heavy atom. The van der Waals surface area contributed by atoms with Crippen molar-refractivity contribution in [1.82, 2.24) is 10.3 Å². The SMILES string of the molecule is CCCC(NCC(O)c1cc2ccccc2s1)c1ccccn1. The monoisotopic (exact) mass is 326 g/mol. The zero-order valence-electron chi connectivity index (χ0n) is 13.3. The van der Waals surface area contributed by atoms with E-state index in [9.17, 15) is 5.11 Å². The molecule has 0 spiro atoms. The molecule has 0 saturated carbocycles. The normalized spacial score (nSPS) is 14.0. The van der Waals surface area contributed by atoms with Gasteiger partial charge in [0.05, 0.1) is 5.69 Å². The first kappa shape index (κ1) is 16.1. The lowest BCUT2D eigenvalue weighted by Crippen LogP contribution is -2.26. The Kier molecular flexibility index (Phi) is 5.39. The van der Waals surface area contributed by atoms with E-state index in [1.165, 1.54) is 10.1 Å². The van der Waals surface area contributed by atoms with Crippen LogP contribution in [0.25, 0.3) is 10.1 Å². The minimum atomic E-state index is -0.490. The molecule has 0 aliphatic carbocycles. The topological polar surface area (TPSA) is 45.1 Å². The molecule has 0 saturated heterocycles. The molecule has 0 fully saturated rings. The molecule has 2 N–H and O–H groups in total. The van der Waals surface area contributed by atoms with Crippen molar-refractivity contribution in [2.75, 3.05) is 6.54 Å². The van der Waals surface area contributed by atoms with Gasteiger partial charge in [0.15, 0.2) is 0 Å². The van der Waals surface area contributed by atoms with Crippen molar-refractivity contribution in [2.45, 2.75) is 31.9 Å². The van der Waals surface area contributed by atoms with Gasteiger partial charge in [0, 0.05) is 28.4 Å². The number of nitrogens with zero attached hydrogens (tertiary/aromatic N) is 1. The van der Waals surface area contributed by atoms with Crippen LogP contribution in [0.2, 0.25) is 0 Å². The zero-order chi connectivity index (χ0) is 16.1. The second kappa shape index (κ2) is 7.68.